The lowest BCUT2D eigenvalue weighted by molar-refractivity contribution is 0.305. The molecule has 0 bridgehead atoms. The molecule has 2 aromatic carbocycles. The first-order valence-corrected chi connectivity index (χ1v) is 8.69. The molecule has 0 aromatic heterocycles. The van der Waals surface area contributed by atoms with Gasteiger partial charge in [0.1, 0.15) is 12.4 Å². The van der Waals surface area contributed by atoms with Crippen molar-refractivity contribution < 1.29 is 4.74 Å². The van der Waals surface area contributed by atoms with Crippen molar-refractivity contribution in [3.05, 3.63) is 88.6 Å². The van der Waals surface area contributed by atoms with Gasteiger partial charge < -0.3 is 9.64 Å². The molecule has 2 aliphatic rings. The SMILES string of the molecule is N#Cc1ccccc1COc1ccc2c(c1)CCN(C1=CC=C1)CC2. The van der Waals surface area contributed by atoms with Gasteiger partial charge in [-0.05, 0) is 54.3 Å². The Balaban J connectivity index is 1.45. The third kappa shape index (κ3) is 3.29. The number of allylic oxidation sites excluding steroid dienone is 3. The van der Waals surface area contributed by atoms with E-state index in [4.69, 9.17) is 4.74 Å². The summed E-state index contributed by atoms with van der Waals surface area (Å²) < 4.78 is 5.96. The molecule has 124 valence electrons. The van der Waals surface area contributed by atoms with Gasteiger partial charge in [0.25, 0.3) is 0 Å². The zero-order chi connectivity index (χ0) is 17.1. The van der Waals surface area contributed by atoms with Gasteiger partial charge in [-0.2, -0.15) is 5.26 Å². The van der Waals surface area contributed by atoms with Crippen molar-refractivity contribution in [2.45, 2.75) is 19.4 Å². The van der Waals surface area contributed by atoms with Crippen molar-refractivity contribution in [2.75, 3.05) is 13.1 Å². The van der Waals surface area contributed by atoms with Crippen molar-refractivity contribution in [3.63, 3.8) is 0 Å². The van der Waals surface area contributed by atoms with Gasteiger partial charge in [0.05, 0.1) is 11.6 Å². The fourth-order valence-corrected chi connectivity index (χ4v) is 3.36. The second-order valence-corrected chi connectivity index (χ2v) is 6.43. The zero-order valence-electron chi connectivity index (χ0n) is 14.1. The van der Waals surface area contributed by atoms with Crippen LogP contribution < -0.4 is 4.74 Å². The molecule has 1 heterocycles. The van der Waals surface area contributed by atoms with E-state index in [1.54, 1.807) is 0 Å². The Bertz CT molecular complexity index is 889. The van der Waals surface area contributed by atoms with Crippen LogP contribution in [0.15, 0.2) is 66.4 Å². The minimum atomic E-state index is 0.423. The number of rotatable bonds is 4. The summed E-state index contributed by atoms with van der Waals surface area (Å²) in [5.74, 6) is 0.877. The maximum atomic E-state index is 9.18. The van der Waals surface area contributed by atoms with Gasteiger partial charge >= 0.3 is 0 Å². The molecule has 1 aliphatic carbocycles. The van der Waals surface area contributed by atoms with E-state index >= 15 is 0 Å². The number of nitriles is 1. The summed E-state index contributed by atoms with van der Waals surface area (Å²) in [5.41, 5.74) is 5.73. The van der Waals surface area contributed by atoms with Crippen molar-refractivity contribution in [1.29, 1.82) is 5.26 Å². The lowest BCUT2D eigenvalue weighted by Gasteiger charge is -2.26. The normalized spacial score (nSPS) is 15.5. The first-order valence-electron chi connectivity index (χ1n) is 8.69. The molecule has 0 spiro atoms. The van der Waals surface area contributed by atoms with Gasteiger partial charge in [0, 0.05) is 24.4 Å². The van der Waals surface area contributed by atoms with Crippen LogP contribution >= 0.6 is 0 Å². The Morgan fingerprint density at radius 1 is 1.04 bits per heavy atom. The van der Waals surface area contributed by atoms with Crippen LogP contribution in [0.2, 0.25) is 0 Å². The molecule has 3 nitrogen and oxygen atoms in total. The molecule has 0 amide bonds. The number of nitrogens with zero attached hydrogens (tertiary/aromatic N) is 2. The molecule has 0 fully saturated rings. The molecule has 0 atom stereocenters. The number of hydrogen-bond acceptors (Lipinski definition) is 3. The average molecular weight is 328 g/mol. The number of fused-ring (bicyclic) bond motifs is 1. The Hall–Kier alpha value is -2.99. The summed E-state index contributed by atoms with van der Waals surface area (Å²) in [4.78, 5) is 2.45. The lowest BCUT2D eigenvalue weighted by atomic mass is 10.0. The average Bonchev–Trinajstić information content (AvgIpc) is 2.81. The zero-order valence-corrected chi connectivity index (χ0v) is 14.1. The van der Waals surface area contributed by atoms with Gasteiger partial charge in [-0.25, -0.2) is 0 Å². The smallest absolute Gasteiger partial charge is 0.120 e. The number of ether oxygens (including phenoxy) is 1. The highest BCUT2D eigenvalue weighted by atomic mass is 16.5. The van der Waals surface area contributed by atoms with Gasteiger partial charge in [0.15, 0.2) is 0 Å². The molecule has 0 radical (unpaired) electrons. The quantitative estimate of drug-likeness (QED) is 0.851. The largest absolute Gasteiger partial charge is 0.489 e. The third-order valence-corrected chi connectivity index (χ3v) is 4.91. The Morgan fingerprint density at radius 2 is 1.84 bits per heavy atom. The first-order chi connectivity index (χ1) is 12.3. The molecule has 3 heteroatoms. The fraction of sp³-hybridized carbons (Fsp3) is 0.227. The van der Waals surface area contributed by atoms with Crippen molar-refractivity contribution in [2.24, 2.45) is 0 Å². The predicted octanol–water partition coefficient (Wildman–Crippen LogP) is 3.99. The van der Waals surface area contributed by atoms with Crippen LogP contribution in [0.25, 0.3) is 0 Å². The van der Waals surface area contributed by atoms with E-state index in [1.165, 1.54) is 16.8 Å². The van der Waals surface area contributed by atoms with E-state index in [0.717, 1.165) is 37.2 Å². The van der Waals surface area contributed by atoms with Crippen LogP contribution in [0.5, 0.6) is 5.75 Å². The fourth-order valence-electron chi connectivity index (χ4n) is 3.36. The summed E-state index contributed by atoms with van der Waals surface area (Å²) in [6.07, 6.45) is 8.55. The molecule has 2 aromatic rings. The maximum Gasteiger partial charge on any atom is 0.120 e. The number of benzene rings is 2. The highest BCUT2D eigenvalue weighted by molar-refractivity contribution is 5.40. The van der Waals surface area contributed by atoms with Crippen LogP contribution in [0, 0.1) is 11.3 Å². The third-order valence-electron chi connectivity index (χ3n) is 4.91. The van der Waals surface area contributed by atoms with Gasteiger partial charge in [-0.1, -0.05) is 30.3 Å². The van der Waals surface area contributed by atoms with Gasteiger partial charge in [-0.15, -0.1) is 0 Å². The lowest BCUT2D eigenvalue weighted by Crippen LogP contribution is -2.26. The molecule has 0 saturated carbocycles. The predicted molar refractivity (Wildman–Crippen MR) is 98.1 cm³/mol. The van der Waals surface area contributed by atoms with Crippen LogP contribution in [0.1, 0.15) is 22.3 Å². The van der Waals surface area contributed by atoms with E-state index in [2.05, 4.69) is 41.3 Å². The van der Waals surface area contributed by atoms with E-state index in [1.807, 2.05) is 30.3 Å². The van der Waals surface area contributed by atoms with Crippen LogP contribution in [-0.2, 0) is 19.4 Å². The molecular formula is C22H20N2O. The second-order valence-electron chi connectivity index (χ2n) is 6.43. The summed E-state index contributed by atoms with van der Waals surface area (Å²) in [5, 5.41) is 9.18. The summed E-state index contributed by atoms with van der Waals surface area (Å²) in [6.45, 7) is 2.54. The van der Waals surface area contributed by atoms with E-state index in [0.29, 0.717) is 12.2 Å². The van der Waals surface area contributed by atoms with Crippen molar-refractivity contribution in [3.8, 4) is 11.8 Å². The maximum absolute atomic E-state index is 9.18. The summed E-state index contributed by atoms with van der Waals surface area (Å²) in [6, 6.07) is 16.2. The van der Waals surface area contributed by atoms with Gasteiger partial charge in [0.2, 0.25) is 0 Å². The molecule has 0 unspecified atom stereocenters. The van der Waals surface area contributed by atoms with Crippen molar-refractivity contribution in [1.82, 2.24) is 4.90 Å². The monoisotopic (exact) mass is 328 g/mol. The topological polar surface area (TPSA) is 36.3 Å². The Morgan fingerprint density at radius 3 is 2.60 bits per heavy atom. The van der Waals surface area contributed by atoms with E-state index in [-0.39, 0.29) is 0 Å². The van der Waals surface area contributed by atoms with Crippen LogP contribution in [0.4, 0.5) is 0 Å². The molecular weight excluding hydrogens is 308 g/mol. The number of hydrogen-bond donors (Lipinski definition) is 0. The summed E-state index contributed by atoms with van der Waals surface area (Å²) in [7, 11) is 0. The van der Waals surface area contributed by atoms with Crippen molar-refractivity contribution >= 4 is 0 Å². The minimum absolute atomic E-state index is 0.423. The first kappa shape index (κ1) is 15.5. The Kier molecular flexibility index (Phi) is 4.26. The van der Waals surface area contributed by atoms with E-state index in [9.17, 15) is 5.26 Å². The highest BCUT2D eigenvalue weighted by Crippen LogP contribution is 2.25. The molecule has 25 heavy (non-hydrogen) atoms. The highest BCUT2D eigenvalue weighted by Gasteiger charge is 2.16. The molecule has 4 rings (SSSR count). The molecule has 1 aliphatic heterocycles. The van der Waals surface area contributed by atoms with Crippen LogP contribution in [0.3, 0.4) is 0 Å². The minimum Gasteiger partial charge on any atom is -0.489 e. The standard InChI is InChI=1S/C22H20N2O/c23-15-19-4-1-2-5-20(19)16-25-22-9-8-17-10-12-24(21-6-3-7-21)13-11-18(17)14-22/h1-9,14H,10-13,16H2. The van der Waals surface area contributed by atoms with Gasteiger partial charge in [-0.3, -0.25) is 0 Å². The molecule has 0 saturated heterocycles. The second kappa shape index (κ2) is 6.86. The summed E-state index contributed by atoms with van der Waals surface area (Å²) >= 11 is 0. The molecule has 0 N–H and O–H groups in total. The Labute approximate surface area is 148 Å². The van der Waals surface area contributed by atoms with Crippen LogP contribution in [-0.4, -0.2) is 18.0 Å². The van der Waals surface area contributed by atoms with E-state index < -0.39 is 0 Å².